The van der Waals surface area contributed by atoms with E-state index >= 15 is 0 Å². The van der Waals surface area contributed by atoms with Crippen LogP contribution in [0.15, 0.2) is 60.9 Å². The molecule has 6 heteroatoms. The number of fused-ring (bicyclic) bond motifs is 1. The number of para-hydroxylation sites is 1. The second-order valence-corrected chi connectivity index (χ2v) is 11.1. The molecule has 1 unspecified atom stereocenters. The van der Waals surface area contributed by atoms with Crippen molar-refractivity contribution in [1.29, 1.82) is 0 Å². The van der Waals surface area contributed by atoms with Crippen LogP contribution in [0.5, 0.6) is 5.75 Å². The first kappa shape index (κ1) is 23.0. The molecule has 0 spiro atoms. The molecule has 1 saturated carbocycles. The van der Waals surface area contributed by atoms with Crippen LogP contribution in [0, 0.1) is 0 Å². The van der Waals surface area contributed by atoms with Gasteiger partial charge in [-0.3, -0.25) is 4.90 Å². The third-order valence-corrected chi connectivity index (χ3v) is 7.58. The summed E-state index contributed by atoms with van der Waals surface area (Å²) in [6, 6.07) is 18.1. The fraction of sp³-hybridized carbons (Fsp3) is 0.400. The van der Waals surface area contributed by atoms with Crippen molar-refractivity contribution in [2.24, 2.45) is 0 Å². The summed E-state index contributed by atoms with van der Waals surface area (Å²) in [7, 11) is 1.73. The smallest absolute Gasteiger partial charge is 0.227 e. The molecule has 1 aliphatic carbocycles. The molecule has 0 amide bonds. The minimum absolute atomic E-state index is 0.141. The lowest BCUT2D eigenvalue weighted by atomic mass is 9.99. The molecule has 6 rings (SSSR count). The predicted octanol–water partition coefficient (Wildman–Crippen LogP) is 7.12. The Morgan fingerprint density at radius 2 is 1.86 bits per heavy atom. The van der Waals surface area contributed by atoms with Gasteiger partial charge in [-0.25, -0.2) is 9.97 Å². The molecule has 36 heavy (non-hydrogen) atoms. The molecule has 1 atom stereocenters. The minimum Gasteiger partial charge on any atom is -0.495 e. The van der Waals surface area contributed by atoms with Crippen LogP contribution in [0.4, 0.5) is 11.6 Å². The maximum atomic E-state index is 5.81. The number of hydrogen-bond donors (Lipinski definition) is 1. The van der Waals surface area contributed by atoms with E-state index in [1.807, 2.05) is 12.3 Å². The quantitative estimate of drug-likeness (QED) is 0.318. The summed E-state index contributed by atoms with van der Waals surface area (Å²) in [5, 5.41) is 4.65. The third-order valence-electron chi connectivity index (χ3n) is 7.58. The van der Waals surface area contributed by atoms with Gasteiger partial charge in [0, 0.05) is 46.5 Å². The Hall–Kier alpha value is -3.38. The molecule has 1 saturated heterocycles. The third kappa shape index (κ3) is 4.24. The first-order chi connectivity index (χ1) is 17.4. The van der Waals surface area contributed by atoms with Crippen molar-refractivity contribution in [1.82, 2.24) is 19.4 Å². The summed E-state index contributed by atoms with van der Waals surface area (Å²) < 4.78 is 8.22. The van der Waals surface area contributed by atoms with E-state index in [9.17, 15) is 0 Å². The molecule has 186 valence electrons. The van der Waals surface area contributed by atoms with E-state index in [2.05, 4.69) is 89.2 Å². The summed E-state index contributed by atoms with van der Waals surface area (Å²) in [4.78, 5) is 12.0. The first-order valence-electron chi connectivity index (χ1n) is 13.1. The number of benzene rings is 2. The lowest BCUT2D eigenvalue weighted by molar-refractivity contribution is 0.121. The fourth-order valence-corrected chi connectivity index (χ4v) is 5.69. The average Bonchev–Trinajstić information content (AvgIpc) is 3.45. The Labute approximate surface area is 213 Å². The summed E-state index contributed by atoms with van der Waals surface area (Å²) in [6.45, 7) is 8.02. The largest absolute Gasteiger partial charge is 0.495 e. The van der Waals surface area contributed by atoms with Gasteiger partial charge < -0.3 is 14.6 Å². The van der Waals surface area contributed by atoms with Crippen LogP contribution in [0.3, 0.4) is 0 Å². The van der Waals surface area contributed by atoms with E-state index in [1.165, 1.54) is 42.1 Å². The van der Waals surface area contributed by atoms with Crippen LogP contribution in [0.1, 0.15) is 64.1 Å². The molecule has 3 heterocycles. The molecular weight excluding hydrogens is 446 g/mol. The second kappa shape index (κ2) is 8.93. The number of methoxy groups -OCH3 is 1. The average molecular weight is 482 g/mol. The summed E-state index contributed by atoms with van der Waals surface area (Å²) in [5.41, 5.74) is 5.66. The Morgan fingerprint density at radius 1 is 1.03 bits per heavy atom. The topological polar surface area (TPSA) is 55.2 Å². The molecule has 2 fully saturated rings. The zero-order chi connectivity index (χ0) is 24.9. The molecule has 0 bridgehead atoms. The predicted molar refractivity (Wildman–Crippen MR) is 146 cm³/mol. The van der Waals surface area contributed by atoms with Gasteiger partial charge in [-0.05, 0) is 82.8 Å². The standard InChI is InChI=1S/C30H35N5O/c1-30(2,3)35-17-7-10-26(35)20-11-14-25(28(18-20)36-4)33-29-31-16-15-24(32-29)23-19-34(21-12-13-21)27-9-6-5-8-22(23)27/h5-6,8-9,11,14-16,18-19,21,26H,7,10,12-13,17H2,1-4H3,(H,31,32,33). The van der Waals surface area contributed by atoms with Crippen molar-refractivity contribution < 1.29 is 4.74 Å². The van der Waals surface area contributed by atoms with Crippen molar-refractivity contribution in [3.8, 4) is 17.0 Å². The van der Waals surface area contributed by atoms with Crippen LogP contribution in [-0.4, -0.2) is 38.6 Å². The second-order valence-electron chi connectivity index (χ2n) is 11.1. The number of nitrogens with zero attached hydrogens (tertiary/aromatic N) is 4. The van der Waals surface area contributed by atoms with E-state index in [-0.39, 0.29) is 5.54 Å². The molecule has 0 radical (unpaired) electrons. The van der Waals surface area contributed by atoms with Crippen LogP contribution < -0.4 is 10.1 Å². The monoisotopic (exact) mass is 481 g/mol. The Kier molecular flexibility index (Phi) is 5.72. The fourth-order valence-electron chi connectivity index (χ4n) is 5.69. The zero-order valence-corrected chi connectivity index (χ0v) is 21.7. The van der Waals surface area contributed by atoms with Gasteiger partial charge in [0.05, 0.1) is 18.5 Å². The van der Waals surface area contributed by atoms with Gasteiger partial charge in [-0.15, -0.1) is 0 Å². The van der Waals surface area contributed by atoms with Crippen molar-refractivity contribution in [2.75, 3.05) is 19.0 Å². The Morgan fingerprint density at radius 3 is 2.64 bits per heavy atom. The number of rotatable bonds is 6. The Bertz CT molecular complexity index is 1400. The number of likely N-dealkylation sites (tertiary alicyclic amines) is 1. The minimum atomic E-state index is 0.141. The maximum absolute atomic E-state index is 5.81. The Balaban J connectivity index is 1.30. The molecule has 2 aliphatic rings. The first-order valence-corrected chi connectivity index (χ1v) is 13.1. The highest BCUT2D eigenvalue weighted by Gasteiger charge is 2.34. The van der Waals surface area contributed by atoms with Crippen molar-refractivity contribution in [2.45, 2.75) is 64.1 Å². The van der Waals surface area contributed by atoms with E-state index in [4.69, 9.17) is 9.72 Å². The van der Waals surface area contributed by atoms with E-state index in [1.54, 1.807) is 7.11 Å². The summed E-state index contributed by atoms with van der Waals surface area (Å²) in [5.74, 6) is 1.38. The SMILES string of the molecule is COc1cc(C2CCCN2C(C)(C)C)ccc1Nc1nccc(-c2cn(C3CC3)c3ccccc23)n1. The van der Waals surface area contributed by atoms with Crippen LogP contribution in [-0.2, 0) is 0 Å². The van der Waals surface area contributed by atoms with Crippen molar-refractivity contribution in [3.05, 3.63) is 66.5 Å². The molecular formula is C30H35N5O. The van der Waals surface area contributed by atoms with Gasteiger partial charge in [-0.1, -0.05) is 24.3 Å². The van der Waals surface area contributed by atoms with Gasteiger partial charge in [0.1, 0.15) is 5.75 Å². The number of anilines is 2. The van der Waals surface area contributed by atoms with Crippen LogP contribution in [0.25, 0.3) is 22.2 Å². The molecule has 1 N–H and O–H groups in total. The van der Waals surface area contributed by atoms with Crippen molar-refractivity contribution in [3.63, 3.8) is 0 Å². The molecule has 4 aromatic rings. The number of hydrogen-bond acceptors (Lipinski definition) is 5. The zero-order valence-electron chi connectivity index (χ0n) is 21.7. The van der Waals surface area contributed by atoms with Gasteiger partial charge in [0.25, 0.3) is 0 Å². The van der Waals surface area contributed by atoms with Gasteiger partial charge in [-0.2, -0.15) is 0 Å². The molecule has 2 aromatic heterocycles. The number of aromatic nitrogens is 3. The van der Waals surface area contributed by atoms with E-state index < -0.39 is 0 Å². The van der Waals surface area contributed by atoms with Crippen LogP contribution in [0.2, 0.25) is 0 Å². The van der Waals surface area contributed by atoms with E-state index in [0.717, 1.165) is 29.2 Å². The van der Waals surface area contributed by atoms with Crippen molar-refractivity contribution >= 4 is 22.5 Å². The number of nitrogens with one attached hydrogen (secondary N) is 1. The highest BCUT2D eigenvalue weighted by molar-refractivity contribution is 5.95. The normalized spacial score (nSPS) is 18.6. The van der Waals surface area contributed by atoms with Gasteiger partial charge in [0.15, 0.2) is 0 Å². The van der Waals surface area contributed by atoms with Crippen LogP contribution >= 0.6 is 0 Å². The maximum Gasteiger partial charge on any atom is 0.227 e. The lowest BCUT2D eigenvalue weighted by Gasteiger charge is -2.37. The lowest BCUT2D eigenvalue weighted by Crippen LogP contribution is -2.40. The number of ether oxygens (including phenoxy) is 1. The molecule has 1 aliphatic heterocycles. The van der Waals surface area contributed by atoms with Gasteiger partial charge in [0.2, 0.25) is 5.95 Å². The molecule has 6 nitrogen and oxygen atoms in total. The summed E-state index contributed by atoms with van der Waals surface area (Å²) >= 11 is 0. The molecule has 2 aromatic carbocycles. The highest BCUT2D eigenvalue weighted by Crippen LogP contribution is 2.42. The van der Waals surface area contributed by atoms with E-state index in [0.29, 0.717) is 18.0 Å². The van der Waals surface area contributed by atoms with Gasteiger partial charge >= 0.3 is 0 Å². The summed E-state index contributed by atoms with van der Waals surface area (Å²) in [6.07, 6.45) is 8.98. The highest BCUT2D eigenvalue weighted by atomic mass is 16.5.